The Morgan fingerprint density at radius 3 is 2.77 bits per heavy atom. The van der Waals surface area contributed by atoms with E-state index >= 15 is 0 Å². The number of hydrogen-bond acceptors (Lipinski definition) is 3. The van der Waals surface area contributed by atoms with Gasteiger partial charge in [-0.05, 0) is 31.5 Å². The van der Waals surface area contributed by atoms with Gasteiger partial charge in [0.05, 0.1) is 0 Å². The molecule has 0 aliphatic heterocycles. The molecule has 0 amide bonds. The molecule has 1 aromatic heterocycles. The molecular formula is C10H17N3. The van der Waals surface area contributed by atoms with Crippen molar-refractivity contribution in [1.29, 1.82) is 0 Å². The number of aromatic nitrogens is 1. The van der Waals surface area contributed by atoms with Crippen LogP contribution in [0.25, 0.3) is 0 Å². The second-order valence-electron chi connectivity index (χ2n) is 3.26. The number of hydrogen-bond donors (Lipinski definition) is 1. The van der Waals surface area contributed by atoms with Crippen molar-refractivity contribution >= 4 is 5.82 Å². The predicted octanol–water partition coefficient (Wildman–Crippen LogP) is 1.18. The summed E-state index contributed by atoms with van der Waals surface area (Å²) in [4.78, 5) is 6.43. The molecule has 0 spiro atoms. The minimum atomic E-state index is 0.732. The number of aryl methyl sites for hydroxylation is 1. The van der Waals surface area contributed by atoms with Gasteiger partial charge in [-0.25, -0.2) is 4.98 Å². The van der Waals surface area contributed by atoms with Crippen molar-refractivity contribution in [2.45, 2.75) is 13.3 Å². The zero-order valence-electron chi connectivity index (χ0n) is 8.33. The first-order valence-electron chi connectivity index (χ1n) is 4.58. The van der Waals surface area contributed by atoms with E-state index in [2.05, 4.69) is 16.0 Å². The molecule has 1 rings (SSSR count). The second kappa shape index (κ2) is 4.82. The third kappa shape index (κ3) is 3.03. The fourth-order valence-electron chi connectivity index (χ4n) is 1.13. The highest BCUT2D eigenvalue weighted by Gasteiger charge is 1.99. The average Bonchev–Trinajstić information content (AvgIpc) is 2.15. The smallest absolute Gasteiger partial charge is 0.128 e. The van der Waals surface area contributed by atoms with Crippen LogP contribution in [0, 0.1) is 6.92 Å². The molecule has 3 nitrogen and oxygen atoms in total. The number of pyridine rings is 1. The summed E-state index contributed by atoms with van der Waals surface area (Å²) < 4.78 is 0. The van der Waals surface area contributed by atoms with Crippen molar-refractivity contribution in [3.05, 3.63) is 23.9 Å². The van der Waals surface area contributed by atoms with Crippen LogP contribution in [-0.4, -0.2) is 25.1 Å². The summed E-state index contributed by atoms with van der Waals surface area (Å²) in [5, 5.41) is 0. The minimum Gasteiger partial charge on any atom is -0.360 e. The summed E-state index contributed by atoms with van der Waals surface area (Å²) in [6, 6.07) is 4.10. The van der Waals surface area contributed by atoms with Gasteiger partial charge in [0.15, 0.2) is 0 Å². The van der Waals surface area contributed by atoms with Crippen LogP contribution in [0.1, 0.15) is 12.0 Å². The topological polar surface area (TPSA) is 42.1 Å². The van der Waals surface area contributed by atoms with E-state index in [9.17, 15) is 0 Å². The Morgan fingerprint density at radius 1 is 1.46 bits per heavy atom. The molecule has 1 heterocycles. The van der Waals surface area contributed by atoms with Crippen LogP contribution in [0.5, 0.6) is 0 Å². The third-order valence-electron chi connectivity index (χ3n) is 1.98. The lowest BCUT2D eigenvalue weighted by molar-refractivity contribution is 0.786. The summed E-state index contributed by atoms with van der Waals surface area (Å²) in [5.41, 5.74) is 6.62. The van der Waals surface area contributed by atoms with E-state index in [-0.39, 0.29) is 0 Å². The van der Waals surface area contributed by atoms with E-state index in [4.69, 9.17) is 5.73 Å². The molecule has 13 heavy (non-hydrogen) atoms. The van der Waals surface area contributed by atoms with Gasteiger partial charge in [0.1, 0.15) is 5.82 Å². The van der Waals surface area contributed by atoms with Crippen LogP contribution in [0.2, 0.25) is 0 Å². The molecule has 0 aromatic carbocycles. The molecule has 0 fully saturated rings. The van der Waals surface area contributed by atoms with Gasteiger partial charge in [-0.15, -0.1) is 0 Å². The molecule has 0 aliphatic rings. The largest absolute Gasteiger partial charge is 0.360 e. The van der Waals surface area contributed by atoms with E-state index in [0.717, 1.165) is 25.3 Å². The lowest BCUT2D eigenvalue weighted by Crippen LogP contribution is -2.21. The Bertz CT molecular complexity index is 243. The number of anilines is 1. The Kier molecular flexibility index (Phi) is 3.71. The monoisotopic (exact) mass is 179 g/mol. The van der Waals surface area contributed by atoms with Crippen molar-refractivity contribution in [1.82, 2.24) is 4.98 Å². The van der Waals surface area contributed by atoms with Crippen molar-refractivity contribution in [3.63, 3.8) is 0 Å². The van der Waals surface area contributed by atoms with Gasteiger partial charge in [-0.3, -0.25) is 0 Å². The van der Waals surface area contributed by atoms with E-state index in [1.54, 1.807) is 0 Å². The lowest BCUT2D eigenvalue weighted by atomic mass is 10.3. The van der Waals surface area contributed by atoms with Crippen molar-refractivity contribution < 1.29 is 0 Å². The van der Waals surface area contributed by atoms with Crippen molar-refractivity contribution in [2.75, 3.05) is 25.0 Å². The predicted molar refractivity (Wildman–Crippen MR) is 55.9 cm³/mol. The normalized spacial score (nSPS) is 10.1. The summed E-state index contributed by atoms with van der Waals surface area (Å²) in [7, 11) is 2.04. The highest BCUT2D eigenvalue weighted by molar-refractivity contribution is 5.37. The fourth-order valence-corrected chi connectivity index (χ4v) is 1.13. The molecule has 0 unspecified atom stereocenters. The molecule has 0 saturated heterocycles. The zero-order chi connectivity index (χ0) is 9.68. The first-order valence-corrected chi connectivity index (χ1v) is 4.58. The maximum atomic E-state index is 5.43. The van der Waals surface area contributed by atoms with E-state index in [0.29, 0.717) is 0 Å². The summed E-state index contributed by atoms with van der Waals surface area (Å²) in [6.45, 7) is 3.74. The maximum Gasteiger partial charge on any atom is 0.128 e. The van der Waals surface area contributed by atoms with Gasteiger partial charge >= 0.3 is 0 Å². The van der Waals surface area contributed by atoms with Crippen molar-refractivity contribution in [2.24, 2.45) is 5.73 Å². The maximum absolute atomic E-state index is 5.43. The molecule has 0 bridgehead atoms. The van der Waals surface area contributed by atoms with Crippen molar-refractivity contribution in [3.8, 4) is 0 Å². The van der Waals surface area contributed by atoms with Gasteiger partial charge in [0.25, 0.3) is 0 Å². The zero-order valence-corrected chi connectivity index (χ0v) is 8.33. The SMILES string of the molecule is Cc1ccc(N(C)CCCN)nc1. The van der Waals surface area contributed by atoms with Crippen LogP contribution in [0.3, 0.4) is 0 Å². The molecule has 0 radical (unpaired) electrons. The van der Waals surface area contributed by atoms with Crippen LogP contribution in [-0.2, 0) is 0 Å². The van der Waals surface area contributed by atoms with E-state index in [1.165, 1.54) is 5.56 Å². The van der Waals surface area contributed by atoms with Gasteiger partial charge in [0.2, 0.25) is 0 Å². The number of nitrogens with two attached hydrogens (primary N) is 1. The standard InChI is InChI=1S/C10H17N3/c1-9-4-5-10(12-8-9)13(2)7-3-6-11/h4-5,8H,3,6-7,11H2,1-2H3. The van der Waals surface area contributed by atoms with Gasteiger partial charge < -0.3 is 10.6 Å². The van der Waals surface area contributed by atoms with Crippen LogP contribution < -0.4 is 10.6 Å². The van der Waals surface area contributed by atoms with Crippen LogP contribution in [0.15, 0.2) is 18.3 Å². The highest BCUT2D eigenvalue weighted by Crippen LogP contribution is 2.08. The Hall–Kier alpha value is -1.09. The Morgan fingerprint density at radius 2 is 2.23 bits per heavy atom. The lowest BCUT2D eigenvalue weighted by Gasteiger charge is -2.17. The molecule has 0 atom stereocenters. The Labute approximate surface area is 79.6 Å². The third-order valence-corrected chi connectivity index (χ3v) is 1.98. The first-order chi connectivity index (χ1) is 6.24. The van der Waals surface area contributed by atoms with Gasteiger partial charge in [-0.1, -0.05) is 6.07 Å². The minimum absolute atomic E-state index is 0.732. The van der Waals surface area contributed by atoms with Crippen LogP contribution in [0.4, 0.5) is 5.82 Å². The first kappa shape index (κ1) is 9.99. The van der Waals surface area contributed by atoms with E-state index < -0.39 is 0 Å². The van der Waals surface area contributed by atoms with E-state index in [1.807, 2.05) is 26.2 Å². The summed E-state index contributed by atoms with van der Waals surface area (Å²) in [6.07, 6.45) is 2.89. The number of nitrogens with zero attached hydrogens (tertiary/aromatic N) is 2. The molecule has 0 saturated carbocycles. The quantitative estimate of drug-likeness (QED) is 0.754. The van der Waals surface area contributed by atoms with Gasteiger partial charge in [0, 0.05) is 19.8 Å². The molecule has 72 valence electrons. The second-order valence-corrected chi connectivity index (χ2v) is 3.26. The van der Waals surface area contributed by atoms with Crippen LogP contribution >= 0.6 is 0 Å². The highest BCUT2D eigenvalue weighted by atomic mass is 15.2. The number of rotatable bonds is 4. The van der Waals surface area contributed by atoms with Gasteiger partial charge in [-0.2, -0.15) is 0 Å². The molecule has 2 N–H and O–H groups in total. The molecular weight excluding hydrogens is 162 g/mol. The summed E-state index contributed by atoms with van der Waals surface area (Å²) >= 11 is 0. The molecule has 1 aromatic rings. The fraction of sp³-hybridized carbons (Fsp3) is 0.500. The molecule has 0 aliphatic carbocycles. The molecule has 3 heteroatoms. The Balaban J connectivity index is 2.55. The average molecular weight is 179 g/mol. The summed E-state index contributed by atoms with van der Waals surface area (Å²) in [5.74, 6) is 1.01.